The molecule has 1 heterocycles. The van der Waals surface area contributed by atoms with E-state index in [1.165, 1.54) is 0 Å². The third kappa shape index (κ3) is 6.00. The monoisotopic (exact) mass is 738 g/mol. The summed E-state index contributed by atoms with van der Waals surface area (Å²) < 4.78 is 6.15. The lowest BCUT2D eigenvalue weighted by Gasteiger charge is -2.72. The molecule has 0 radical (unpaired) electrons. The van der Waals surface area contributed by atoms with Crippen molar-refractivity contribution in [1.29, 1.82) is 0 Å². The highest BCUT2D eigenvalue weighted by Crippen LogP contribution is 2.77. The molecule has 0 bridgehead atoms. The molecule has 9 heteroatoms. The number of allylic oxidation sites excluding steroid dienone is 2. The first-order chi connectivity index (χ1) is 23.5. The van der Waals surface area contributed by atoms with Gasteiger partial charge in [-0.25, -0.2) is 9.97 Å². The third-order valence-corrected chi connectivity index (χ3v) is 15.7. The predicted molar refractivity (Wildman–Crippen MR) is 203 cm³/mol. The number of hydrogen-bond donors (Lipinski definition) is 1. The van der Waals surface area contributed by atoms with Gasteiger partial charge in [0.25, 0.3) is 0 Å². The van der Waals surface area contributed by atoms with Gasteiger partial charge in [-0.1, -0.05) is 48.5 Å². The van der Waals surface area contributed by atoms with E-state index in [1.807, 2.05) is 19.9 Å². The summed E-state index contributed by atoms with van der Waals surface area (Å²) in [6.45, 7) is 23.3. The second kappa shape index (κ2) is 13.3. The number of carboxylic acid groups (broad SMARTS) is 1. The van der Waals surface area contributed by atoms with Crippen molar-refractivity contribution >= 4 is 35.9 Å². The van der Waals surface area contributed by atoms with Crippen LogP contribution in [0.25, 0.3) is 0 Å². The molecule has 8 nitrogen and oxygen atoms in total. The van der Waals surface area contributed by atoms with Gasteiger partial charge in [0.05, 0.1) is 23.7 Å². The molecule has 0 saturated heterocycles. The molecule has 0 aromatic carbocycles. The number of ketones is 2. The lowest BCUT2D eigenvalue weighted by molar-refractivity contribution is -0.233. The lowest BCUT2D eigenvalue weighted by Crippen LogP contribution is -2.66. The van der Waals surface area contributed by atoms with Crippen molar-refractivity contribution in [2.45, 2.75) is 153 Å². The van der Waals surface area contributed by atoms with Crippen molar-refractivity contribution in [2.24, 2.45) is 56.2 Å². The van der Waals surface area contributed by atoms with Gasteiger partial charge in [-0.2, -0.15) is 0 Å². The number of hydrogen-bond acceptors (Lipinski definition) is 7. The van der Waals surface area contributed by atoms with Crippen LogP contribution in [-0.4, -0.2) is 44.7 Å². The van der Waals surface area contributed by atoms with Crippen LogP contribution < -0.4 is 0 Å². The van der Waals surface area contributed by atoms with Crippen LogP contribution in [0.2, 0.25) is 0 Å². The van der Waals surface area contributed by atoms with Crippen LogP contribution in [0, 0.1) is 70.0 Å². The highest BCUT2D eigenvalue weighted by Gasteiger charge is 2.71. The van der Waals surface area contributed by atoms with Crippen molar-refractivity contribution in [3.8, 4) is 0 Å². The molecule has 4 saturated carbocycles. The number of esters is 1. The number of ether oxygens (including phenoxy) is 1. The molecular formula is C43H63ClN2O6. The second-order valence-corrected chi connectivity index (χ2v) is 19.6. The maximum atomic E-state index is 14.6. The standard InChI is InChI=1S/C43H62N2O6.ClH/c1-24(2)35-28(46)22-43(31(47)21-33-44-25(3)20-26(4)45-33)19-18-41(10)27(36(35)43)12-13-30-40(9)16-15-32(51-34(48)23-38(5,6)37(49)50)39(7,8)29(40)14-17-42(30,41)11;/h20,24,27,29-30,32H,12-19,21-23H2,1-11H3,(H,49,50);1H/t27-,29+,30-,32+,40+,41-,42-,43+;/m1./s1. The maximum Gasteiger partial charge on any atom is 0.309 e. The van der Waals surface area contributed by atoms with E-state index in [-0.39, 0.29) is 82.8 Å². The highest BCUT2D eigenvalue weighted by atomic mass is 35.5. The summed E-state index contributed by atoms with van der Waals surface area (Å²) in [6.07, 6.45) is 7.46. The molecule has 1 aromatic rings. The number of rotatable bonds is 8. The molecular weight excluding hydrogens is 676 g/mol. The minimum atomic E-state index is -1.17. The minimum absolute atomic E-state index is 0. The number of fused-ring (bicyclic) bond motifs is 7. The van der Waals surface area contributed by atoms with Gasteiger partial charge in [0.1, 0.15) is 11.9 Å². The molecule has 0 spiro atoms. The topological polar surface area (TPSA) is 124 Å². The van der Waals surface area contributed by atoms with Gasteiger partial charge in [0.2, 0.25) is 0 Å². The fourth-order valence-electron chi connectivity index (χ4n) is 13.0. The number of carbonyl (C=O) groups excluding carboxylic acids is 3. The first-order valence-corrected chi connectivity index (χ1v) is 19.6. The van der Waals surface area contributed by atoms with Gasteiger partial charge in [-0.3, -0.25) is 19.2 Å². The zero-order valence-corrected chi connectivity index (χ0v) is 34.3. The van der Waals surface area contributed by atoms with Crippen LogP contribution in [0.3, 0.4) is 0 Å². The van der Waals surface area contributed by atoms with E-state index >= 15 is 0 Å². The van der Waals surface area contributed by atoms with Crippen molar-refractivity contribution in [2.75, 3.05) is 0 Å². The first-order valence-electron chi connectivity index (χ1n) is 19.6. The van der Waals surface area contributed by atoms with Crippen LogP contribution in [0.4, 0.5) is 0 Å². The summed E-state index contributed by atoms with van der Waals surface area (Å²) in [5.41, 5.74) is 1.57. The van der Waals surface area contributed by atoms with E-state index in [9.17, 15) is 24.3 Å². The number of Topliss-reactive ketones (excluding diaryl/α,β-unsaturated/α-hetero) is 2. The maximum absolute atomic E-state index is 14.6. The number of halogens is 1. The molecule has 8 atom stereocenters. The molecule has 5 aliphatic rings. The Labute approximate surface area is 317 Å². The Balaban J connectivity index is 0.00000523. The average Bonchev–Trinajstić information content (AvgIpc) is 3.31. The van der Waals surface area contributed by atoms with Crippen LogP contribution in [0.1, 0.15) is 144 Å². The molecule has 288 valence electrons. The normalized spacial score (nSPS) is 36.6. The van der Waals surface area contributed by atoms with E-state index in [2.05, 4.69) is 58.4 Å². The molecule has 0 amide bonds. The zero-order valence-electron chi connectivity index (χ0n) is 33.5. The molecule has 5 aliphatic carbocycles. The van der Waals surface area contributed by atoms with Crippen LogP contribution in [-0.2, 0) is 30.3 Å². The van der Waals surface area contributed by atoms with Gasteiger partial charge in [0, 0.05) is 23.2 Å². The fourth-order valence-corrected chi connectivity index (χ4v) is 13.0. The third-order valence-electron chi connectivity index (χ3n) is 15.7. The van der Waals surface area contributed by atoms with Gasteiger partial charge < -0.3 is 9.84 Å². The lowest BCUT2D eigenvalue weighted by atomic mass is 9.33. The summed E-state index contributed by atoms with van der Waals surface area (Å²) >= 11 is 0. The molecule has 52 heavy (non-hydrogen) atoms. The summed E-state index contributed by atoms with van der Waals surface area (Å²) in [6, 6.07) is 1.93. The van der Waals surface area contributed by atoms with Crippen LogP contribution in [0.15, 0.2) is 17.2 Å². The average molecular weight is 739 g/mol. The number of carboxylic acids is 1. The van der Waals surface area contributed by atoms with E-state index < -0.39 is 22.8 Å². The summed E-state index contributed by atoms with van der Waals surface area (Å²) in [5.74, 6) is 0.430. The highest BCUT2D eigenvalue weighted by molar-refractivity contribution is 6.07. The molecule has 0 unspecified atom stereocenters. The number of carbonyl (C=O) groups is 4. The molecule has 6 rings (SSSR count). The molecule has 1 aromatic heterocycles. The summed E-state index contributed by atoms with van der Waals surface area (Å²) in [7, 11) is 0. The Bertz CT molecular complexity index is 1680. The minimum Gasteiger partial charge on any atom is -0.481 e. The zero-order chi connectivity index (χ0) is 37.7. The Morgan fingerprint density at radius 1 is 0.904 bits per heavy atom. The smallest absolute Gasteiger partial charge is 0.309 e. The molecule has 4 fully saturated rings. The fraction of sp³-hybridized carbons (Fsp3) is 0.767. The van der Waals surface area contributed by atoms with Gasteiger partial charge in [-0.05, 0) is 136 Å². The van der Waals surface area contributed by atoms with Gasteiger partial charge in [-0.15, -0.1) is 12.4 Å². The Kier molecular flexibility index (Phi) is 10.4. The van der Waals surface area contributed by atoms with Crippen LogP contribution in [0.5, 0.6) is 0 Å². The quantitative estimate of drug-likeness (QED) is 0.262. The summed E-state index contributed by atoms with van der Waals surface area (Å²) in [4.78, 5) is 62.7. The van der Waals surface area contributed by atoms with Crippen molar-refractivity contribution in [3.63, 3.8) is 0 Å². The van der Waals surface area contributed by atoms with Gasteiger partial charge >= 0.3 is 11.9 Å². The van der Waals surface area contributed by atoms with Crippen molar-refractivity contribution in [1.82, 2.24) is 9.97 Å². The van der Waals surface area contributed by atoms with E-state index in [4.69, 9.17) is 4.74 Å². The van der Waals surface area contributed by atoms with Crippen molar-refractivity contribution in [3.05, 3.63) is 34.4 Å². The van der Waals surface area contributed by atoms with E-state index in [1.54, 1.807) is 13.8 Å². The largest absolute Gasteiger partial charge is 0.481 e. The molecule has 0 aliphatic heterocycles. The van der Waals surface area contributed by atoms with E-state index in [0.717, 1.165) is 67.5 Å². The first kappa shape index (κ1) is 40.6. The Morgan fingerprint density at radius 2 is 1.54 bits per heavy atom. The summed E-state index contributed by atoms with van der Waals surface area (Å²) in [5, 5.41) is 9.60. The predicted octanol–water partition coefficient (Wildman–Crippen LogP) is 9.02. The Hall–Kier alpha value is -2.61. The second-order valence-electron chi connectivity index (χ2n) is 19.6. The number of aliphatic carboxylic acids is 1. The van der Waals surface area contributed by atoms with Crippen molar-refractivity contribution < 1.29 is 29.0 Å². The number of nitrogens with zero attached hydrogens (tertiary/aromatic N) is 2. The van der Waals surface area contributed by atoms with E-state index in [0.29, 0.717) is 24.1 Å². The van der Waals surface area contributed by atoms with Crippen LogP contribution >= 0.6 is 12.4 Å². The van der Waals surface area contributed by atoms with Gasteiger partial charge in [0.15, 0.2) is 11.6 Å². The SMILES string of the molecule is Cc1cc(C)nc(CC(=O)[C@@]23CC[C@]4(C)[C@H](CC[C@@H]5[C@@]6(C)CC[C@H](OC(=O)CC(C)(C)C(=O)O)C(C)(C)[C@@H]6CC[C@]54C)C2=C(C(C)C)C(=O)C3)n1.Cl. The Morgan fingerprint density at radius 3 is 2.13 bits per heavy atom. The molecule has 1 N–H and O–H groups in total. The number of aryl methyl sites for hydroxylation is 2. The number of aromatic nitrogens is 2.